The number of hydrogen-bond acceptors (Lipinski definition) is 5. The number of hydrazone groups is 1. The van der Waals surface area contributed by atoms with Crippen molar-refractivity contribution in [3.63, 3.8) is 0 Å². The number of para-hydroxylation sites is 1. The maximum Gasteiger partial charge on any atom is 0.337 e. The molecule has 0 unspecified atom stereocenters. The van der Waals surface area contributed by atoms with Gasteiger partial charge in [0.05, 0.1) is 18.9 Å². The van der Waals surface area contributed by atoms with Crippen LogP contribution in [0.4, 0.5) is 0 Å². The molecule has 35 heavy (non-hydrogen) atoms. The zero-order chi connectivity index (χ0) is 24.4. The van der Waals surface area contributed by atoms with Crippen molar-refractivity contribution in [1.82, 2.24) is 9.99 Å². The predicted octanol–water partition coefficient (Wildman–Crippen LogP) is 5.64. The van der Waals surface area contributed by atoms with E-state index in [0.29, 0.717) is 22.7 Å². The van der Waals surface area contributed by atoms with E-state index in [0.717, 1.165) is 27.4 Å². The van der Waals surface area contributed by atoms with Gasteiger partial charge in [0.15, 0.2) is 5.76 Å². The van der Waals surface area contributed by atoms with E-state index < -0.39 is 5.91 Å². The highest BCUT2D eigenvalue weighted by atomic mass is 35.5. The van der Waals surface area contributed by atoms with Crippen molar-refractivity contribution in [3.05, 3.63) is 106 Å². The highest BCUT2D eigenvalue weighted by Crippen LogP contribution is 2.24. The van der Waals surface area contributed by atoms with Gasteiger partial charge < -0.3 is 13.7 Å². The van der Waals surface area contributed by atoms with Gasteiger partial charge in [0, 0.05) is 39.6 Å². The number of ether oxygens (including phenoxy) is 1. The Labute approximate surface area is 205 Å². The zero-order valence-electron chi connectivity index (χ0n) is 18.7. The molecule has 2 aromatic heterocycles. The highest BCUT2D eigenvalue weighted by molar-refractivity contribution is 6.31. The van der Waals surface area contributed by atoms with Crippen LogP contribution in [0.5, 0.6) is 0 Å². The Morgan fingerprint density at radius 1 is 1.09 bits per heavy atom. The van der Waals surface area contributed by atoms with Crippen molar-refractivity contribution in [2.24, 2.45) is 5.10 Å². The number of carbonyl (C=O) groups excluding carboxylic acids is 2. The van der Waals surface area contributed by atoms with Crippen LogP contribution >= 0.6 is 11.6 Å². The zero-order valence-corrected chi connectivity index (χ0v) is 19.5. The Bertz CT molecular complexity index is 1600. The van der Waals surface area contributed by atoms with Gasteiger partial charge >= 0.3 is 11.9 Å². The topological polar surface area (TPSA) is 85.8 Å². The van der Waals surface area contributed by atoms with Gasteiger partial charge in [0.25, 0.3) is 0 Å². The minimum Gasteiger partial charge on any atom is -0.465 e. The SMILES string of the molecule is COC(=O)c1cccc(Cn2cc(/C=N\NC(=O)c3cc4cc(Cl)ccc4o3)c3ccccc32)c1. The Morgan fingerprint density at radius 2 is 1.94 bits per heavy atom. The predicted molar refractivity (Wildman–Crippen MR) is 135 cm³/mol. The largest absolute Gasteiger partial charge is 0.465 e. The summed E-state index contributed by atoms with van der Waals surface area (Å²) in [4.78, 5) is 24.4. The number of fused-ring (bicyclic) bond motifs is 2. The van der Waals surface area contributed by atoms with Crippen LogP contribution in [0.3, 0.4) is 0 Å². The van der Waals surface area contributed by atoms with E-state index in [4.69, 9.17) is 20.8 Å². The molecule has 174 valence electrons. The summed E-state index contributed by atoms with van der Waals surface area (Å²) in [6.45, 7) is 0.549. The lowest BCUT2D eigenvalue weighted by Crippen LogP contribution is -2.16. The van der Waals surface area contributed by atoms with Crippen LogP contribution in [0.1, 0.15) is 32.0 Å². The Balaban J connectivity index is 1.37. The molecule has 0 aliphatic carbocycles. The third-order valence-corrected chi connectivity index (χ3v) is 5.83. The third kappa shape index (κ3) is 4.67. The summed E-state index contributed by atoms with van der Waals surface area (Å²) >= 11 is 6.00. The normalized spacial score (nSPS) is 11.4. The molecule has 0 fully saturated rings. The highest BCUT2D eigenvalue weighted by Gasteiger charge is 2.13. The van der Waals surface area contributed by atoms with Crippen LogP contribution in [0.2, 0.25) is 5.02 Å². The summed E-state index contributed by atoms with van der Waals surface area (Å²) in [6.07, 6.45) is 3.55. The first-order valence-electron chi connectivity index (χ1n) is 10.8. The molecule has 0 radical (unpaired) electrons. The average molecular weight is 486 g/mol. The van der Waals surface area contributed by atoms with Crippen molar-refractivity contribution in [2.75, 3.05) is 7.11 Å². The molecule has 2 heterocycles. The molecule has 0 saturated heterocycles. The number of rotatable bonds is 6. The van der Waals surface area contributed by atoms with Gasteiger partial charge in [-0.1, -0.05) is 41.9 Å². The second-order valence-electron chi connectivity index (χ2n) is 7.91. The van der Waals surface area contributed by atoms with Crippen LogP contribution < -0.4 is 5.43 Å². The van der Waals surface area contributed by atoms with E-state index in [-0.39, 0.29) is 11.7 Å². The van der Waals surface area contributed by atoms with Crippen molar-refractivity contribution in [2.45, 2.75) is 6.54 Å². The number of nitrogens with one attached hydrogen (secondary N) is 1. The first-order chi connectivity index (χ1) is 17.0. The Kier molecular flexibility index (Phi) is 6.08. The van der Waals surface area contributed by atoms with Gasteiger partial charge in [-0.25, -0.2) is 10.2 Å². The second-order valence-corrected chi connectivity index (χ2v) is 8.35. The van der Waals surface area contributed by atoms with Gasteiger partial charge in [-0.3, -0.25) is 4.79 Å². The van der Waals surface area contributed by atoms with E-state index in [2.05, 4.69) is 15.1 Å². The minimum atomic E-state index is -0.461. The summed E-state index contributed by atoms with van der Waals surface area (Å²) in [6, 6.07) is 22.0. The molecule has 5 aromatic rings. The van der Waals surface area contributed by atoms with Crippen molar-refractivity contribution in [3.8, 4) is 0 Å². The number of aromatic nitrogens is 1. The molecule has 8 heteroatoms. The van der Waals surface area contributed by atoms with Crippen LogP contribution in [0.25, 0.3) is 21.9 Å². The van der Waals surface area contributed by atoms with Crippen LogP contribution in [0, 0.1) is 0 Å². The molecule has 3 aromatic carbocycles. The number of methoxy groups -OCH3 is 1. The van der Waals surface area contributed by atoms with Gasteiger partial charge in [-0.2, -0.15) is 5.10 Å². The molecule has 0 aliphatic rings. The smallest absolute Gasteiger partial charge is 0.337 e. The molecule has 1 amide bonds. The number of nitrogens with zero attached hydrogens (tertiary/aromatic N) is 2. The van der Waals surface area contributed by atoms with E-state index >= 15 is 0 Å². The number of amides is 1. The van der Waals surface area contributed by atoms with E-state index in [1.165, 1.54) is 7.11 Å². The Morgan fingerprint density at radius 3 is 2.80 bits per heavy atom. The van der Waals surface area contributed by atoms with Gasteiger partial charge in [-0.05, 0) is 48.0 Å². The van der Waals surface area contributed by atoms with E-state index in [1.807, 2.05) is 48.7 Å². The van der Waals surface area contributed by atoms with E-state index in [1.54, 1.807) is 36.5 Å². The van der Waals surface area contributed by atoms with Crippen LogP contribution in [-0.4, -0.2) is 29.8 Å². The van der Waals surface area contributed by atoms with Gasteiger partial charge in [0.2, 0.25) is 0 Å². The minimum absolute atomic E-state index is 0.146. The quantitative estimate of drug-likeness (QED) is 0.191. The molecule has 1 N–H and O–H groups in total. The second kappa shape index (κ2) is 9.48. The summed E-state index contributed by atoms with van der Waals surface area (Å²) in [5, 5.41) is 6.43. The lowest BCUT2D eigenvalue weighted by atomic mass is 10.1. The molecule has 0 spiro atoms. The molecule has 0 saturated carbocycles. The summed E-state index contributed by atoms with van der Waals surface area (Å²) in [7, 11) is 1.36. The number of carbonyl (C=O) groups is 2. The molecule has 0 atom stereocenters. The molecule has 0 bridgehead atoms. The molecule has 7 nitrogen and oxygen atoms in total. The molecule has 0 aliphatic heterocycles. The monoisotopic (exact) mass is 485 g/mol. The lowest BCUT2D eigenvalue weighted by Gasteiger charge is -2.07. The maximum absolute atomic E-state index is 12.5. The van der Waals surface area contributed by atoms with Crippen molar-refractivity contribution < 1.29 is 18.7 Å². The summed E-state index contributed by atoms with van der Waals surface area (Å²) in [5.41, 5.74) is 6.37. The average Bonchev–Trinajstić information content (AvgIpc) is 3.45. The number of hydrogen-bond donors (Lipinski definition) is 1. The van der Waals surface area contributed by atoms with Crippen LogP contribution in [0.15, 0.2) is 88.5 Å². The first kappa shape index (κ1) is 22.4. The molecular formula is C27H20ClN3O4. The van der Waals surface area contributed by atoms with Crippen LogP contribution in [-0.2, 0) is 11.3 Å². The lowest BCUT2D eigenvalue weighted by molar-refractivity contribution is 0.0600. The molecular weight excluding hydrogens is 466 g/mol. The van der Waals surface area contributed by atoms with Gasteiger partial charge in [0.1, 0.15) is 5.58 Å². The Hall–Kier alpha value is -4.36. The van der Waals surface area contributed by atoms with Gasteiger partial charge in [-0.15, -0.1) is 0 Å². The summed E-state index contributed by atoms with van der Waals surface area (Å²) < 4.78 is 12.5. The summed E-state index contributed by atoms with van der Waals surface area (Å²) in [5.74, 6) is -0.690. The fourth-order valence-corrected chi connectivity index (χ4v) is 4.14. The number of halogens is 1. The number of benzene rings is 3. The van der Waals surface area contributed by atoms with Crippen molar-refractivity contribution in [1.29, 1.82) is 0 Å². The third-order valence-electron chi connectivity index (χ3n) is 5.59. The fraction of sp³-hybridized carbons (Fsp3) is 0.0741. The first-order valence-corrected chi connectivity index (χ1v) is 11.2. The number of furan rings is 1. The van der Waals surface area contributed by atoms with Crippen molar-refractivity contribution >= 4 is 51.6 Å². The standard InChI is InChI=1S/C27H20ClN3O4/c1-34-27(33)18-6-4-5-17(11-18)15-31-16-20(22-7-2-3-8-23(22)31)14-29-30-26(32)25-13-19-12-21(28)9-10-24(19)35-25/h2-14,16H,15H2,1H3,(H,30,32)/b29-14-. The maximum atomic E-state index is 12.5. The van der Waals surface area contributed by atoms with E-state index in [9.17, 15) is 9.59 Å². The number of esters is 1. The molecule has 5 rings (SSSR count). The fourth-order valence-electron chi connectivity index (χ4n) is 3.96.